The molecule has 0 N–H and O–H groups in total. The van der Waals surface area contributed by atoms with E-state index in [0.29, 0.717) is 13.2 Å². The van der Waals surface area contributed by atoms with Crippen LogP contribution in [0.2, 0.25) is 0 Å². The zero-order valence-corrected chi connectivity index (χ0v) is 6.58. The Kier molecular flexibility index (Phi) is 2.42. The number of methoxy groups -OCH3 is 1. The lowest BCUT2D eigenvalue weighted by molar-refractivity contribution is -0.330. The van der Waals surface area contributed by atoms with Gasteiger partial charge < -0.3 is 14.2 Å². The van der Waals surface area contributed by atoms with E-state index in [2.05, 4.69) is 9.24 Å². The Balaban J connectivity index is 2.37. The molecule has 1 saturated heterocycles. The summed E-state index contributed by atoms with van der Waals surface area (Å²) in [6.07, 6.45) is 0.944. The summed E-state index contributed by atoms with van der Waals surface area (Å²) in [4.78, 5) is 0. The molecule has 1 rings (SSSR count). The zero-order chi connectivity index (χ0) is 6.74. The number of ether oxygens (including phenoxy) is 3. The van der Waals surface area contributed by atoms with Gasteiger partial charge in [-0.2, -0.15) is 0 Å². The van der Waals surface area contributed by atoms with Gasteiger partial charge in [-0.1, -0.05) is 0 Å². The molecule has 54 valence electrons. The van der Waals surface area contributed by atoms with E-state index in [1.807, 2.05) is 0 Å². The van der Waals surface area contributed by atoms with Crippen LogP contribution in [0, 0.1) is 0 Å². The Bertz CT molecular complexity index is 90.2. The van der Waals surface area contributed by atoms with Crippen LogP contribution in [0.4, 0.5) is 0 Å². The molecule has 0 saturated carbocycles. The van der Waals surface area contributed by atoms with Crippen molar-refractivity contribution in [2.75, 3.05) is 20.3 Å². The van der Waals surface area contributed by atoms with E-state index in [-0.39, 0.29) is 0 Å². The first kappa shape index (κ1) is 7.42. The van der Waals surface area contributed by atoms with Gasteiger partial charge in [0, 0.05) is 7.11 Å². The summed E-state index contributed by atoms with van der Waals surface area (Å²) in [6.45, 7) is 1.41. The average molecular weight is 150 g/mol. The molecule has 0 aromatic heterocycles. The van der Waals surface area contributed by atoms with Crippen molar-refractivity contribution in [3.05, 3.63) is 0 Å². The van der Waals surface area contributed by atoms with E-state index in [4.69, 9.17) is 14.2 Å². The normalized spacial score (nSPS) is 26.0. The standard InChI is InChI=1S/C5H11O3P/c1-6-5(9)7-3-2-4-8-5/h2-4,9H2,1H3. The van der Waals surface area contributed by atoms with Crippen LogP contribution in [0.3, 0.4) is 0 Å². The van der Waals surface area contributed by atoms with Crippen molar-refractivity contribution >= 4 is 9.24 Å². The Morgan fingerprint density at radius 3 is 2.33 bits per heavy atom. The van der Waals surface area contributed by atoms with Crippen molar-refractivity contribution in [2.24, 2.45) is 0 Å². The van der Waals surface area contributed by atoms with Crippen LogP contribution in [-0.2, 0) is 14.2 Å². The smallest absolute Gasteiger partial charge is 0.294 e. The third-order valence-electron chi connectivity index (χ3n) is 1.18. The van der Waals surface area contributed by atoms with Crippen molar-refractivity contribution in [1.29, 1.82) is 0 Å². The van der Waals surface area contributed by atoms with Crippen molar-refractivity contribution in [2.45, 2.75) is 12.1 Å². The molecule has 0 radical (unpaired) electrons. The molecule has 4 heteroatoms. The second kappa shape index (κ2) is 2.93. The molecule has 1 unspecified atom stereocenters. The molecule has 0 amide bonds. The average Bonchev–Trinajstić information content (AvgIpc) is 1.90. The largest absolute Gasteiger partial charge is 0.328 e. The van der Waals surface area contributed by atoms with Gasteiger partial charge in [0.2, 0.25) is 0 Å². The lowest BCUT2D eigenvalue weighted by Gasteiger charge is -2.31. The molecule has 1 atom stereocenters. The highest BCUT2D eigenvalue weighted by molar-refractivity contribution is 7.17. The van der Waals surface area contributed by atoms with Gasteiger partial charge in [0.25, 0.3) is 5.71 Å². The van der Waals surface area contributed by atoms with Crippen molar-refractivity contribution in [3.8, 4) is 0 Å². The van der Waals surface area contributed by atoms with Gasteiger partial charge >= 0.3 is 0 Å². The highest BCUT2D eigenvalue weighted by atomic mass is 31.0. The summed E-state index contributed by atoms with van der Waals surface area (Å²) in [6, 6.07) is 0. The van der Waals surface area contributed by atoms with Crippen molar-refractivity contribution < 1.29 is 14.2 Å². The molecule has 0 aromatic rings. The van der Waals surface area contributed by atoms with Crippen LogP contribution < -0.4 is 0 Å². The molecule has 1 heterocycles. The molecule has 0 bridgehead atoms. The van der Waals surface area contributed by atoms with Crippen molar-refractivity contribution in [3.63, 3.8) is 0 Å². The van der Waals surface area contributed by atoms with E-state index in [9.17, 15) is 0 Å². The van der Waals surface area contributed by atoms with E-state index in [1.54, 1.807) is 7.11 Å². The molecule has 9 heavy (non-hydrogen) atoms. The van der Waals surface area contributed by atoms with Gasteiger partial charge in [-0.15, -0.1) is 0 Å². The second-order valence-electron chi connectivity index (χ2n) is 1.86. The van der Waals surface area contributed by atoms with E-state index < -0.39 is 5.71 Å². The first-order valence-corrected chi connectivity index (χ1v) is 3.46. The molecule has 1 fully saturated rings. The first-order valence-electron chi connectivity index (χ1n) is 2.89. The minimum atomic E-state index is -0.863. The topological polar surface area (TPSA) is 27.7 Å². The third kappa shape index (κ3) is 1.87. The van der Waals surface area contributed by atoms with Gasteiger partial charge in [-0.3, -0.25) is 0 Å². The molecule has 0 aliphatic carbocycles. The summed E-state index contributed by atoms with van der Waals surface area (Å²) in [5.74, 6) is 0. The minimum Gasteiger partial charge on any atom is -0.328 e. The lowest BCUT2D eigenvalue weighted by atomic mass is 10.5. The lowest BCUT2D eigenvalue weighted by Crippen LogP contribution is -2.35. The van der Waals surface area contributed by atoms with Gasteiger partial charge in [0.05, 0.1) is 13.2 Å². The minimum absolute atomic E-state index is 0.706. The predicted molar refractivity (Wildman–Crippen MR) is 36.0 cm³/mol. The molecule has 1 aliphatic rings. The Morgan fingerprint density at radius 2 is 2.00 bits per heavy atom. The predicted octanol–water partition coefficient (Wildman–Crippen LogP) is 0.556. The van der Waals surface area contributed by atoms with Crippen LogP contribution in [0.25, 0.3) is 0 Å². The van der Waals surface area contributed by atoms with Crippen LogP contribution in [0.5, 0.6) is 0 Å². The molecular weight excluding hydrogens is 139 g/mol. The van der Waals surface area contributed by atoms with Crippen molar-refractivity contribution in [1.82, 2.24) is 0 Å². The summed E-state index contributed by atoms with van der Waals surface area (Å²) < 4.78 is 15.2. The summed E-state index contributed by atoms with van der Waals surface area (Å²) in [5.41, 5.74) is -0.863. The van der Waals surface area contributed by atoms with E-state index >= 15 is 0 Å². The van der Waals surface area contributed by atoms with Crippen LogP contribution in [0.15, 0.2) is 0 Å². The number of hydrogen-bond donors (Lipinski definition) is 0. The maximum Gasteiger partial charge on any atom is 0.294 e. The maximum absolute atomic E-state index is 5.13. The maximum atomic E-state index is 5.13. The summed E-state index contributed by atoms with van der Waals surface area (Å²) >= 11 is 0. The highest BCUT2D eigenvalue weighted by Gasteiger charge is 2.28. The van der Waals surface area contributed by atoms with Gasteiger partial charge in [0.15, 0.2) is 0 Å². The molecular formula is C5H11O3P. The quantitative estimate of drug-likeness (QED) is 0.511. The molecule has 1 aliphatic heterocycles. The second-order valence-corrected chi connectivity index (χ2v) is 2.57. The Labute approximate surface area is 56.9 Å². The molecule has 0 aromatic carbocycles. The van der Waals surface area contributed by atoms with Crippen LogP contribution in [0.1, 0.15) is 6.42 Å². The Morgan fingerprint density at radius 1 is 1.44 bits per heavy atom. The molecule has 3 nitrogen and oxygen atoms in total. The Hall–Kier alpha value is 0.310. The monoisotopic (exact) mass is 150 g/mol. The van der Waals surface area contributed by atoms with E-state index in [1.165, 1.54) is 0 Å². The van der Waals surface area contributed by atoms with Crippen LogP contribution in [-0.4, -0.2) is 26.0 Å². The summed E-state index contributed by atoms with van der Waals surface area (Å²) in [7, 11) is 3.93. The van der Waals surface area contributed by atoms with Gasteiger partial charge in [-0.05, 0) is 15.7 Å². The fourth-order valence-corrected chi connectivity index (χ4v) is 0.883. The number of rotatable bonds is 1. The van der Waals surface area contributed by atoms with Crippen LogP contribution >= 0.6 is 9.24 Å². The van der Waals surface area contributed by atoms with Gasteiger partial charge in [0.1, 0.15) is 0 Å². The molecule has 0 spiro atoms. The van der Waals surface area contributed by atoms with E-state index in [0.717, 1.165) is 6.42 Å². The SMILES string of the molecule is COC1(P)OCCCO1. The summed E-state index contributed by atoms with van der Waals surface area (Å²) in [5, 5.41) is 0. The first-order chi connectivity index (χ1) is 4.27. The highest BCUT2D eigenvalue weighted by Crippen LogP contribution is 2.25. The fraction of sp³-hybridized carbons (Fsp3) is 1.00. The third-order valence-corrected chi connectivity index (χ3v) is 1.75. The fourth-order valence-electron chi connectivity index (χ4n) is 0.647. The van der Waals surface area contributed by atoms with Gasteiger partial charge in [-0.25, -0.2) is 0 Å². The number of hydrogen-bond acceptors (Lipinski definition) is 3. The zero-order valence-electron chi connectivity index (χ0n) is 5.42.